The van der Waals surface area contributed by atoms with Crippen LogP contribution in [0.3, 0.4) is 0 Å². The molecule has 1 saturated heterocycles. The highest BCUT2D eigenvalue weighted by atomic mass is 28.4. The normalized spacial score (nSPS) is 14.4. The maximum absolute atomic E-state index is 5.79. The first-order chi connectivity index (χ1) is 23.1. The van der Waals surface area contributed by atoms with Crippen LogP contribution >= 0.6 is 0 Å². The van der Waals surface area contributed by atoms with Gasteiger partial charge in [-0.1, -0.05) is 0 Å². The molecule has 0 spiro atoms. The van der Waals surface area contributed by atoms with E-state index in [0.29, 0.717) is 165 Å². The summed E-state index contributed by atoms with van der Waals surface area (Å²) in [5.41, 5.74) is 0. The molecule has 1 aliphatic heterocycles. The Kier molecular flexibility index (Phi) is 33.7. The maximum Gasteiger partial charge on any atom is 0.183 e. The SMILES string of the molecule is C[Si](C)(C)OCCOCCOCCOCCOCCOCCOCCOCCOCCOCCOCCOCCOC1CCNCC1. The number of nitrogens with one attached hydrogen (secondary N) is 1. The van der Waals surface area contributed by atoms with Gasteiger partial charge in [-0.3, -0.25) is 0 Å². The van der Waals surface area contributed by atoms with Crippen molar-refractivity contribution in [2.45, 2.75) is 38.6 Å². The van der Waals surface area contributed by atoms with Gasteiger partial charge in [-0.2, -0.15) is 0 Å². The van der Waals surface area contributed by atoms with Crippen LogP contribution in [0, 0.1) is 0 Å². The zero-order chi connectivity index (χ0) is 33.8. The number of ether oxygens (including phenoxy) is 12. The standard InChI is InChI=1S/C32H67NO13Si/c1-47(2,3)46-31-29-44-27-25-42-23-21-40-19-17-38-15-13-36-11-9-34-8-10-35-12-14-37-16-18-39-20-22-41-24-26-43-28-30-45-32-4-6-33-7-5-32/h32-33H,4-31H2,1-3H3. The number of hydrogen-bond acceptors (Lipinski definition) is 14. The monoisotopic (exact) mass is 701 g/mol. The third kappa shape index (κ3) is 36.8. The minimum Gasteiger partial charge on any atom is -0.415 e. The van der Waals surface area contributed by atoms with Crippen LogP contribution in [0.25, 0.3) is 0 Å². The molecule has 1 fully saturated rings. The highest BCUT2D eigenvalue weighted by molar-refractivity contribution is 6.69. The lowest BCUT2D eigenvalue weighted by Crippen LogP contribution is -2.33. The molecule has 1 N–H and O–H groups in total. The van der Waals surface area contributed by atoms with Crippen molar-refractivity contribution >= 4 is 8.32 Å². The van der Waals surface area contributed by atoms with Crippen LogP contribution in [0.2, 0.25) is 19.6 Å². The van der Waals surface area contributed by atoms with Gasteiger partial charge in [-0.15, -0.1) is 0 Å². The average molecular weight is 702 g/mol. The van der Waals surface area contributed by atoms with E-state index in [1.54, 1.807) is 0 Å². The third-order valence-electron chi connectivity index (χ3n) is 6.35. The fourth-order valence-corrected chi connectivity index (χ4v) is 4.64. The molecule has 282 valence electrons. The van der Waals surface area contributed by atoms with Crippen molar-refractivity contribution in [1.82, 2.24) is 5.32 Å². The van der Waals surface area contributed by atoms with Crippen LogP contribution in [0.5, 0.6) is 0 Å². The highest BCUT2D eigenvalue weighted by Crippen LogP contribution is 2.06. The predicted octanol–water partition coefficient (Wildman–Crippen LogP) is 1.79. The maximum atomic E-state index is 5.79. The van der Waals surface area contributed by atoms with Crippen LogP contribution in [-0.2, 0) is 61.3 Å². The molecule has 0 aromatic carbocycles. The molecule has 0 unspecified atom stereocenters. The zero-order valence-electron chi connectivity index (χ0n) is 29.7. The van der Waals surface area contributed by atoms with Crippen LogP contribution in [0.15, 0.2) is 0 Å². The average Bonchev–Trinajstić information content (AvgIpc) is 3.06. The minimum atomic E-state index is -1.45. The van der Waals surface area contributed by atoms with E-state index in [1.165, 1.54) is 0 Å². The summed E-state index contributed by atoms with van der Waals surface area (Å²) < 4.78 is 71.9. The number of rotatable bonds is 38. The van der Waals surface area contributed by atoms with E-state index in [-0.39, 0.29) is 0 Å². The summed E-state index contributed by atoms with van der Waals surface area (Å²) >= 11 is 0. The van der Waals surface area contributed by atoms with E-state index in [2.05, 4.69) is 25.0 Å². The van der Waals surface area contributed by atoms with Gasteiger partial charge in [0.25, 0.3) is 0 Å². The van der Waals surface area contributed by atoms with E-state index in [0.717, 1.165) is 25.9 Å². The number of piperidine rings is 1. The lowest BCUT2D eigenvalue weighted by Gasteiger charge is -2.22. The molecular weight excluding hydrogens is 634 g/mol. The predicted molar refractivity (Wildman–Crippen MR) is 180 cm³/mol. The van der Waals surface area contributed by atoms with Gasteiger partial charge in [0.05, 0.1) is 165 Å². The Hall–Kier alpha value is -0.343. The zero-order valence-corrected chi connectivity index (χ0v) is 30.7. The molecule has 0 saturated carbocycles. The number of hydrogen-bond donors (Lipinski definition) is 1. The highest BCUT2D eigenvalue weighted by Gasteiger charge is 2.13. The summed E-state index contributed by atoms with van der Waals surface area (Å²) in [7, 11) is -1.45. The molecule has 0 bridgehead atoms. The van der Waals surface area contributed by atoms with Gasteiger partial charge in [0.1, 0.15) is 0 Å². The lowest BCUT2D eigenvalue weighted by molar-refractivity contribution is -0.0326. The molecule has 14 nitrogen and oxygen atoms in total. The van der Waals surface area contributed by atoms with Gasteiger partial charge in [0, 0.05) is 0 Å². The Morgan fingerprint density at radius 3 is 0.851 bits per heavy atom. The summed E-state index contributed by atoms with van der Waals surface area (Å²) in [5.74, 6) is 0. The Bertz CT molecular complexity index is 616. The molecule has 0 aliphatic carbocycles. The molecule has 0 aromatic heterocycles. The lowest BCUT2D eigenvalue weighted by atomic mass is 10.1. The van der Waals surface area contributed by atoms with E-state index in [9.17, 15) is 0 Å². The summed E-state index contributed by atoms with van der Waals surface area (Å²) in [6.45, 7) is 21.7. The van der Waals surface area contributed by atoms with Gasteiger partial charge in [0.2, 0.25) is 0 Å². The van der Waals surface area contributed by atoms with Crippen LogP contribution in [0.4, 0.5) is 0 Å². The van der Waals surface area contributed by atoms with Crippen molar-refractivity contribution in [3.63, 3.8) is 0 Å². The summed E-state index contributed by atoms with van der Waals surface area (Å²) in [5, 5.41) is 3.33. The third-order valence-corrected chi connectivity index (χ3v) is 7.42. The van der Waals surface area contributed by atoms with E-state index in [4.69, 9.17) is 61.3 Å². The van der Waals surface area contributed by atoms with Crippen LogP contribution in [-0.4, -0.2) is 186 Å². The molecule has 0 atom stereocenters. The van der Waals surface area contributed by atoms with Crippen LogP contribution < -0.4 is 5.32 Å². The van der Waals surface area contributed by atoms with Crippen LogP contribution in [0.1, 0.15) is 12.8 Å². The van der Waals surface area contributed by atoms with Gasteiger partial charge < -0.3 is 66.6 Å². The van der Waals surface area contributed by atoms with Crippen molar-refractivity contribution in [1.29, 1.82) is 0 Å². The molecule has 47 heavy (non-hydrogen) atoms. The van der Waals surface area contributed by atoms with Crippen molar-refractivity contribution in [2.75, 3.05) is 172 Å². The second-order valence-electron chi connectivity index (χ2n) is 11.5. The van der Waals surface area contributed by atoms with E-state index < -0.39 is 8.32 Å². The molecular formula is C32H67NO13Si. The molecule has 0 aromatic rings. The summed E-state index contributed by atoms with van der Waals surface area (Å²) in [6.07, 6.45) is 2.53. The minimum absolute atomic E-state index is 0.372. The molecule has 1 rings (SSSR count). The van der Waals surface area contributed by atoms with E-state index in [1.807, 2.05) is 0 Å². The second kappa shape index (κ2) is 35.5. The van der Waals surface area contributed by atoms with Gasteiger partial charge in [-0.05, 0) is 45.6 Å². The summed E-state index contributed by atoms with van der Waals surface area (Å²) in [6, 6.07) is 0. The second-order valence-corrected chi connectivity index (χ2v) is 16.0. The van der Waals surface area contributed by atoms with E-state index >= 15 is 0 Å². The van der Waals surface area contributed by atoms with Gasteiger partial charge in [-0.25, -0.2) is 0 Å². The largest absolute Gasteiger partial charge is 0.415 e. The Balaban J connectivity index is 1.60. The molecule has 0 amide bonds. The summed E-state index contributed by atoms with van der Waals surface area (Å²) in [4.78, 5) is 0. The topological polar surface area (TPSA) is 132 Å². The van der Waals surface area contributed by atoms with Crippen molar-refractivity contribution in [3.8, 4) is 0 Å². The Morgan fingerprint density at radius 2 is 0.596 bits per heavy atom. The molecule has 0 radical (unpaired) electrons. The molecule has 15 heteroatoms. The van der Waals surface area contributed by atoms with Crippen molar-refractivity contribution in [2.24, 2.45) is 0 Å². The fourth-order valence-electron chi connectivity index (χ4n) is 3.94. The molecule has 1 heterocycles. The van der Waals surface area contributed by atoms with Crippen molar-refractivity contribution < 1.29 is 61.3 Å². The fraction of sp³-hybridized carbons (Fsp3) is 1.00. The molecule has 1 aliphatic rings. The van der Waals surface area contributed by atoms with Gasteiger partial charge >= 0.3 is 0 Å². The smallest absolute Gasteiger partial charge is 0.183 e. The first-order valence-electron chi connectivity index (χ1n) is 17.4. The quantitative estimate of drug-likeness (QED) is 0.0741. The Morgan fingerprint density at radius 1 is 0.362 bits per heavy atom. The Labute approximate surface area is 285 Å². The van der Waals surface area contributed by atoms with Gasteiger partial charge in [0.15, 0.2) is 8.32 Å². The first-order valence-corrected chi connectivity index (χ1v) is 20.8. The first kappa shape index (κ1) is 44.7. The van der Waals surface area contributed by atoms with Crippen molar-refractivity contribution in [3.05, 3.63) is 0 Å².